The van der Waals surface area contributed by atoms with Crippen molar-refractivity contribution in [2.24, 2.45) is 0 Å². The van der Waals surface area contributed by atoms with Crippen molar-refractivity contribution in [1.82, 2.24) is 4.90 Å². The van der Waals surface area contributed by atoms with E-state index in [1.54, 1.807) is 23.9 Å². The third-order valence-corrected chi connectivity index (χ3v) is 2.98. The average molecular weight is 239 g/mol. The Morgan fingerprint density at radius 3 is 2.38 bits per heavy atom. The molecule has 4 nitrogen and oxygen atoms in total. The fourth-order valence-electron chi connectivity index (χ4n) is 1.40. The quantitative estimate of drug-likeness (QED) is 0.626. The Morgan fingerprint density at radius 1 is 1.44 bits per heavy atom. The summed E-state index contributed by atoms with van der Waals surface area (Å²) in [5, 5.41) is 9.05. The minimum Gasteiger partial charge on any atom is -0.479 e. The number of carbonyl (C=O) groups excluding carboxylic acids is 1. The van der Waals surface area contributed by atoms with Gasteiger partial charge in [0.15, 0.2) is 6.04 Å². The zero-order valence-corrected chi connectivity index (χ0v) is 9.90. The maximum Gasteiger partial charge on any atom is 0.331 e. The molecule has 0 fully saturated rings. The van der Waals surface area contributed by atoms with Gasteiger partial charge in [0.25, 0.3) is 0 Å². The van der Waals surface area contributed by atoms with E-state index < -0.39 is 12.0 Å². The zero-order chi connectivity index (χ0) is 12.1. The van der Waals surface area contributed by atoms with Crippen LogP contribution in [0.5, 0.6) is 0 Å². The van der Waals surface area contributed by atoms with Crippen LogP contribution in [0.4, 0.5) is 0 Å². The van der Waals surface area contributed by atoms with Crippen molar-refractivity contribution in [2.75, 3.05) is 13.3 Å². The fourth-order valence-corrected chi connectivity index (χ4v) is 1.81. The molecule has 0 radical (unpaired) electrons. The number of aliphatic carboxylic acids is 1. The van der Waals surface area contributed by atoms with Crippen molar-refractivity contribution < 1.29 is 14.7 Å². The van der Waals surface area contributed by atoms with Gasteiger partial charge >= 0.3 is 5.97 Å². The van der Waals surface area contributed by atoms with E-state index in [2.05, 4.69) is 0 Å². The molecule has 1 amide bonds. The molecule has 1 N–H and O–H groups in total. The molecule has 1 aromatic rings. The molecule has 1 atom stereocenters. The highest BCUT2D eigenvalue weighted by atomic mass is 32.2. The predicted molar refractivity (Wildman–Crippen MR) is 62.4 cm³/mol. The lowest BCUT2D eigenvalue weighted by molar-refractivity contribution is -0.145. The van der Waals surface area contributed by atoms with Crippen molar-refractivity contribution in [2.45, 2.75) is 10.9 Å². The van der Waals surface area contributed by atoms with Crippen molar-refractivity contribution in [3.63, 3.8) is 0 Å². The van der Waals surface area contributed by atoms with Gasteiger partial charge in [0.2, 0.25) is 6.41 Å². The van der Waals surface area contributed by atoms with Crippen LogP contribution in [-0.4, -0.2) is 35.7 Å². The summed E-state index contributed by atoms with van der Waals surface area (Å²) in [5.74, 6) is -1.04. The average Bonchev–Trinajstić information content (AvgIpc) is 2.29. The van der Waals surface area contributed by atoms with Gasteiger partial charge in [-0.15, -0.1) is 11.8 Å². The van der Waals surface area contributed by atoms with E-state index in [4.69, 9.17) is 5.11 Å². The Morgan fingerprint density at radius 2 is 2.00 bits per heavy atom. The first-order chi connectivity index (χ1) is 7.60. The van der Waals surface area contributed by atoms with Crippen LogP contribution in [0.25, 0.3) is 0 Å². The molecule has 0 aromatic heterocycles. The summed E-state index contributed by atoms with van der Waals surface area (Å²) in [7, 11) is 1.45. The normalized spacial score (nSPS) is 11.9. The number of nitrogens with zero attached hydrogens (tertiary/aromatic N) is 1. The van der Waals surface area contributed by atoms with Gasteiger partial charge in [-0.25, -0.2) is 4.79 Å². The molecule has 0 aliphatic heterocycles. The number of likely N-dealkylation sites (N-methyl/N-ethyl adjacent to an activating group) is 1. The topological polar surface area (TPSA) is 57.6 Å². The van der Waals surface area contributed by atoms with Crippen molar-refractivity contribution in [1.29, 1.82) is 0 Å². The van der Waals surface area contributed by atoms with Gasteiger partial charge in [-0.2, -0.15) is 0 Å². The molecule has 0 aliphatic carbocycles. The minimum atomic E-state index is -1.04. The Balaban J connectivity index is 3.01. The van der Waals surface area contributed by atoms with Gasteiger partial charge in [0, 0.05) is 11.9 Å². The molecule has 0 heterocycles. The number of carboxylic acid groups (broad SMARTS) is 1. The number of carbonyl (C=O) groups is 2. The zero-order valence-electron chi connectivity index (χ0n) is 9.08. The second kappa shape index (κ2) is 5.55. The van der Waals surface area contributed by atoms with E-state index >= 15 is 0 Å². The van der Waals surface area contributed by atoms with Crippen LogP contribution in [0.3, 0.4) is 0 Å². The highest BCUT2D eigenvalue weighted by Gasteiger charge is 2.23. The lowest BCUT2D eigenvalue weighted by atomic mass is 10.1. The first kappa shape index (κ1) is 12.6. The van der Waals surface area contributed by atoms with Crippen LogP contribution in [0.2, 0.25) is 0 Å². The molecule has 0 spiro atoms. The minimum absolute atomic E-state index is 0.515. The molecular weight excluding hydrogens is 226 g/mol. The van der Waals surface area contributed by atoms with Crippen LogP contribution >= 0.6 is 11.8 Å². The lowest BCUT2D eigenvalue weighted by Gasteiger charge is -2.20. The first-order valence-corrected chi connectivity index (χ1v) is 5.86. The molecule has 1 aromatic carbocycles. The van der Waals surface area contributed by atoms with Crippen molar-refractivity contribution >= 4 is 24.1 Å². The standard InChI is InChI=1S/C11H13NO3S/c1-12(7-13)10(11(14)15)8-3-5-9(16-2)6-4-8/h3-7,10H,1-2H3,(H,14,15). The number of rotatable bonds is 5. The molecule has 0 saturated heterocycles. The first-order valence-electron chi connectivity index (χ1n) is 4.64. The van der Waals surface area contributed by atoms with Crippen LogP contribution in [0.1, 0.15) is 11.6 Å². The van der Waals surface area contributed by atoms with Crippen LogP contribution < -0.4 is 0 Å². The smallest absolute Gasteiger partial charge is 0.331 e. The maximum absolute atomic E-state index is 11.0. The summed E-state index contributed by atoms with van der Waals surface area (Å²) in [6.07, 6.45) is 2.46. The summed E-state index contributed by atoms with van der Waals surface area (Å²) in [4.78, 5) is 23.8. The van der Waals surface area contributed by atoms with Crippen molar-refractivity contribution in [3.05, 3.63) is 29.8 Å². The Labute approximate surface area is 98.3 Å². The van der Waals surface area contributed by atoms with E-state index in [0.29, 0.717) is 12.0 Å². The molecule has 5 heteroatoms. The highest BCUT2D eigenvalue weighted by molar-refractivity contribution is 7.98. The maximum atomic E-state index is 11.0. The molecule has 0 aliphatic rings. The predicted octanol–water partition coefficient (Wildman–Crippen LogP) is 1.62. The number of thioether (sulfide) groups is 1. The monoisotopic (exact) mass is 239 g/mol. The molecule has 1 rings (SSSR count). The lowest BCUT2D eigenvalue weighted by Crippen LogP contribution is -2.29. The van der Waals surface area contributed by atoms with Crippen molar-refractivity contribution in [3.8, 4) is 0 Å². The molecular formula is C11H13NO3S. The van der Waals surface area contributed by atoms with Gasteiger partial charge in [0.05, 0.1) is 0 Å². The summed E-state index contributed by atoms with van der Waals surface area (Å²) in [6, 6.07) is 6.21. The molecule has 16 heavy (non-hydrogen) atoms. The molecule has 86 valence electrons. The Bertz CT molecular complexity index is 377. The number of amides is 1. The number of benzene rings is 1. The molecule has 0 saturated carbocycles. The largest absolute Gasteiger partial charge is 0.479 e. The second-order valence-corrected chi connectivity index (χ2v) is 4.16. The van der Waals surface area contributed by atoms with Gasteiger partial charge in [0.1, 0.15) is 0 Å². The van der Waals surface area contributed by atoms with Gasteiger partial charge < -0.3 is 10.0 Å². The Kier molecular flexibility index (Phi) is 4.37. The second-order valence-electron chi connectivity index (χ2n) is 3.28. The third-order valence-electron chi connectivity index (χ3n) is 2.24. The third kappa shape index (κ3) is 2.76. The highest BCUT2D eigenvalue weighted by Crippen LogP contribution is 2.22. The summed E-state index contributed by atoms with van der Waals surface area (Å²) in [6.45, 7) is 0. The van der Waals surface area contributed by atoms with Gasteiger partial charge in [-0.1, -0.05) is 12.1 Å². The number of carboxylic acids is 1. The molecule has 0 bridgehead atoms. The summed E-state index contributed by atoms with van der Waals surface area (Å²) >= 11 is 1.58. The van der Waals surface area contributed by atoms with E-state index in [9.17, 15) is 9.59 Å². The molecule has 1 unspecified atom stereocenters. The summed E-state index contributed by atoms with van der Waals surface area (Å²) < 4.78 is 0. The van der Waals surface area contributed by atoms with Crippen LogP contribution in [0, 0.1) is 0 Å². The van der Waals surface area contributed by atoms with Crippen LogP contribution in [0.15, 0.2) is 29.2 Å². The Hall–Kier alpha value is -1.49. The van der Waals surface area contributed by atoms with Crippen LogP contribution in [-0.2, 0) is 9.59 Å². The van der Waals surface area contributed by atoms with E-state index in [0.717, 1.165) is 9.80 Å². The SMILES string of the molecule is CSc1ccc(C(C(=O)O)N(C)C=O)cc1. The van der Waals surface area contributed by atoms with Gasteiger partial charge in [-0.3, -0.25) is 4.79 Å². The number of hydrogen-bond acceptors (Lipinski definition) is 3. The fraction of sp³-hybridized carbons (Fsp3) is 0.273. The van der Waals surface area contributed by atoms with E-state index in [-0.39, 0.29) is 0 Å². The van der Waals surface area contributed by atoms with E-state index in [1.807, 2.05) is 18.4 Å². The van der Waals surface area contributed by atoms with E-state index in [1.165, 1.54) is 7.05 Å². The van der Waals surface area contributed by atoms with Gasteiger partial charge in [-0.05, 0) is 24.0 Å². The summed E-state index contributed by atoms with van der Waals surface area (Å²) in [5.41, 5.74) is 0.597. The number of hydrogen-bond donors (Lipinski definition) is 1.